The lowest BCUT2D eigenvalue weighted by Crippen LogP contribution is -2.37. The summed E-state index contributed by atoms with van der Waals surface area (Å²) in [5.74, 6) is -0.245. The number of carboxylic acid groups (broad SMARTS) is 1. The van der Waals surface area contributed by atoms with Gasteiger partial charge >= 0.3 is 12.0 Å². The first kappa shape index (κ1) is 13.9. The normalized spacial score (nSPS) is 10.1. The van der Waals surface area contributed by atoms with Gasteiger partial charge in [0.1, 0.15) is 6.61 Å². The molecule has 100 valence electrons. The molecule has 1 aromatic rings. The summed E-state index contributed by atoms with van der Waals surface area (Å²) in [5, 5.41) is 16.8. The van der Waals surface area contributed by atoms with Gasteiger partial charge in [0.05, 0.1) is 13.2 Å². The van der Waals surface area contributed by atoms with Crippen LogP contribution in [0.5, 0.6) is 0 Å². The van der Waals surface area contributed by atoms with Crippen molar-refractivity contribution in [2.45, 2.75) is 13.5 Å². The summed E-state index contributed by atoms with van der Waals surface area (Å²) in [6, 6.07) is -0.426. The molecule has 0 radical (unpaired) electrons. The van der Waals surface area contributed by atoms with Crippen LogP contribution in [-0.2, 0) is 16.1 Å². The molecule has 9 nitrogen and oxygen atoms in total. The number of carbonyl (C=O) groups is 2. The van der Waals surface area contributed by atoms with Crippen molar-refractivity contribution in [2.75, 3.05) is 19.8 Å². The third-order valence-electron chi connectivity index (χ3n) is 1.73. The smallest absolute Gasteiger partial charge is 0.329 e. The lowest BCUT2D eigenvalue weighted by molar-refractivity contribution is -0.142. The van der Waals surface area contributed by atoms with Crippen LogP contribution in [0.4, 0.5) is 4.79 Å². The molecular weight excluding hydrogens is 244 g/mol. The summed E-state index contributed by atoms with van der Waals surface area (Å²) >= 11 is 0. The Morgan fingerprint density at radius 1 is 1.44 bits per heavy atom. The number of urea groups is 1. The van der Waals surface area contributed by atoms with Gasteiger partial charge in [0, 0.05) is 6.54 Å². The zero-order valence-corrected chi connectivity index (χ0v) is 9.80. The van der Waals surface area contributed by atoms with E-state index in [9.17, 15) is 9.59 Å². The Kier molecular flexibility index (Phi) is 5.58. The number of carbonyl (C=O) groups excluding carboxylic acids is 1. The number of hydrogen-bond donors (Lipinski definition) is 3. The first-order valence-electron chi connectivity index (χ1n) is 5.18. The van der Waals surface area contributed by atoms with Crippen molar-refractivity contribution in [1.29, 1.82) is 0 Å². The second-order valence-corrected chi connectivity index (χ2v) is 3.29. The van der Waals surface area contributed by atoms with Gasteiger partial charge in [-0.25, -0.2) is 9.59 Å². The van der Waals surface area contributed by atoms with Gasteiger partial charge in [-0.05, 0) is 6.92 Å². The van der Waals surface area contributed by atoms with Crippen LogP contribution in [0.3, 0.4) is 0 Å². The first-order chi connectivity index (χ1) is 8.58. The number of nitrogens with zero attached hydrogens (tertiary/aromatic N) is 2. The average Bonchev–Trinajstić information content (AvgIpc) is 2.71. The Hall–Kier alpha value is -2.16. The molecule has 1 rings (SSSR count). The van der Waals surface area contributed by atoms with Gasteiger partial charge in [-0.1, -0.05) is 5.16 Å². The van der Waals surface area contributed by atoms with E-state index in [1.807, 2.05) is 0 Å². The van der Waals surface area contributed by atoms with Crippen molar-refractivity contribution in [3.8, 4) is 0 Å². The van der Waals surface area contributed by atoms with Crippen molar-refractivity contribution < 1.29 is 24.0 Å². The van der Waals surface area contributed by atoms with Crippen LogP contribution in [-0.4, -0.2) is 47.0 Å². The van der Waals surface area contributed by atoms with Gasteiger partial charge in [0.15, 0.2) is 5.82 Å². The van der Waals surface area contributed by atoms with Crippen LogP contribution >= 0.6 is 0 Å². The van der Waals surface area contributed by atoms with Crippen LogP contribution in [0.15, 0.2) is 4.52 Å². The zero-order valence-electron chi connectivity index (χ0n) is 9.80. The molecule has 18 heavy (non-hydrogen) atoms. The van der Waals surface area contributed by atoms with E-state index >= 15 is 0 Å². The number of ether oxygens (including phenoxy) is 1. The van der Waals surface area contributed by atoms with Gasteiger partial charge < -0.3 is 25.0 Å². The van der Waals surface area contributed by atoms with Gasteiger partial charge in [-0.3, -0.25) is 0 Å². The molecule has 0 saturated heterocycles. The molecule has 0 fully saturated rings. The Morgan fingerprint density at radius 3 is 2.83 bits per heavy atom. The van der Waals surface area contributed by atoms with E-state index in [1.54, 1.807) is 6.92 Å². The topological polar surface area (TPSA) is 127 Å². The number of aromatic nitrogens is 2. The molecule has 2 amide bonds. The molecule has 1 heterocycles. The molecule has 3 N–H and O–H groups in total. The number of rotatable bonds is 7. The highest BCUT2D eigenvalue weighted by molar-refractivity contribution is 5.73. The van der Waals surface area contributed by atoms with E-state index in [0.29, 0.717) is 11.7 Å². The second-order valence-electron chi connectivity index (χ2n) is 3.29. The van der Waals surface area contributed by atoms with Crippen molar-refractivity contribution >= 4 is 12.0 Å². The van der Waals surface area contributed by atoms with Crippen molar-refractivity contribution in [1.82, 2.24) is 20.8 Å². The van der Waals surface area contributed by atoms with Gasteiger partial charge in [0.25, 0.3) is 0 Å². The number of hydrogen-bond acceptors (Lipinski definition) is 6. The maximum absolute atomic E-state index is 11.2. The number of nitrogens with one attached hydrogen (secondary N) is 2. The van der Waals surface area contributed by atoms with Crippen LogP contribution < -0.4 is 10.6 Å². The van der Waals surface area contributed by atoms with Crippen LogP contribution in [0.1, 0.15) is 11.7 Å². The van der Waals surface area contributed by atoms with E-state index in [0.717, 1.165) is 0 Å². The predicted octanol–water partition coefficient (Wildman–Crippen LogP) is -0.722. The molecule has 1 aromatic heterocycles. The standard InChI is InChI=1S/C9H14N4O5/c1-6-12-7(18-13-6)4-11-9(16)10-2-3-17-5-8(14)15/h2-5H2,1H3,(H,14,15)(H2,10,11,16). The summed E-state index contributed by atoms with van der Waals surface area (Å²) in [4.78, 5) is 25.2. The highest BCUT2D eigenvalue weighted by atomic mass is 16.5. The van der Waals surface area contributed by atoms with Crippen LogP contribution in [0, 0.1) is 6.92 Å². The third-order valence-corrected chi connectivity index (χ3v) is 1.73. The minimum Gasteiger partial charge on any atom is -0.480 e. The van der Waals surface area contributed by atoms with E-state index in [4.69, 9.17) is 14.4 Å². The van der Waals surface area contributed by atoms with Gasteiger partial charge in [-0.15, -0.1) is 0 Å². The molecule has 0 aliphatic carbocycles. The van der Waals surface area contributed by atoms with Gasteiger partial charge in [-0.2, -0.15) is 4.98 Å². The largest absolute Gasteiger partial charge is 0.480 e. The third kappa shape index (κ3) is 5.80. The Bertz CT molecular complexity index is 405. The fourth-order valence-corrected chi connectivity index (χ4v) is 1.03. The Morgan fingerprint density at radius 2 is 2.22 bits per heavy atom. The highest BCUT2D eigenvalue weighted by Crippen LogP contribution is 1.93. The molecule has 0 unspecified atom stereocenters. The predicted molar refractivity (Wildman–Crippen MR) is 57.7 cm³/mol. The summed E-state index contributed by atoms with van der Waals surface area (Å²) < 4.78 is 9.52. The average molecular weight is 258 g/mol. The molecule has 0 atom stereocenters. The Balaban J connectivity index is 2.05. The highest BCUT2D eigenvalue weighted by Gasteiger charge is 2.05. The monoisotopic (exact) mass is 258 g/mol. The minimum absolute atomic E-state index is 0.124. The van der Waals surface area contributed by atoms with Gasteiger partial charge in [0.2, 0.25) is 5.89 Å². The van der Waals surface area contributed by atoms with E-state index < -0.39 is 12.0 Å². The van der Waals surface area contributed by atoms with Crippen molar-refractivity contribution in [3.63, 3.8) is 0 Å². The molecular formula is C9H14N4O5. The quantitative estimate of drug-likeness (QED) is 0.550. The maximum atomic E-state index is 11.2. The molecule has 0 saturated carbocycles. The van der Waals surface area contributed by atoms with Crippen molar-refractivity contribution in [3.05, 3.63) is 11.7 Å². The number of aliphatic carboxylic acids is 1. The molecule has 0 bridgehead atoms. The lowest BCUT2D eigenvalue weighted by atomic mass is 10.6. The molecule has 0 aliphatic heterocycles. The maximum Gasteiger partial charge on any atom is 0.329 e. The van der Waals surface area contributed by atoms with Crippen LogP contribution in [0.25, 0.3) is 0 Å². The summed E-state index contributed by atoms with van der Waals surface area (Å²) in [6.07, 6.45) is 0. The molecule has 9 heteroatoms. The minimum atomic E-state index is -1.05. The number of aryl methyl sites for hydroxylation is 1. The number of amides is 2. The second kappa shape index (κ2) is 7.22. The van der Waals surface area contributed by atoms with Crippen molar-refractivity contribution in [2.24, 2.45) is 0 Å². The Labute approximate surface area is 103 Å². The molecule has 0 aliphatic rings. The fourth-order valence-electron chi connectivity index (χ4n) is 1.03. The molecule has 0 aromatic carbocycles. The first-order valence-corrected chi connectivity index (χ1v) is 5.18. The van der Waals surface area contributed by atoms with E-state index in [1.165, 1.54) is 0 Å². The SMILES string of the molecule is Cc1noc(CNC(=O)NCCOCC(=O)O)n1. The molecule has 0 spiro atoms. The summed E-state index contributed by atoms with van der Waals surface area (Å²) in [6.45, 7) is 1.75. The lowest BCUT2D eigenvalue weighted by Gasteiger charge is -2.05. The zero-order chi connectivity index (χ0) is 13.4. The van der Waals surface area contributed by atoms with E-state index in [-0.39, 0.29) is 26.3 Å². The van der Waals surface area contributed by atoms with Crippen LogP contribution in [0.2, 0.25) is 0 Å². The summed E-state index contributed by atoms with van der Waals surface area (Å²) in [5.41, 5.74) is 0. The summed E-state index contributed by atoms with van der Waals surface area (Å²) in [7, 11) is 0. The number of carboxylic acids is 1. The fraction of sp³-hybridized carbons (Fsp3) is 0.556. The van der Waals surface area contributed by atoms with E-state index in [2.05, 4.69) is 20.8 Å².